The van der Waals surface area contributed by atoms with Crippen molar-refractivity contribution in [2.75, 3.05) is 11.4 Å². The van der Waals surface area contributed by atoms with E-state index in [0.717, 1.165) is 18.1 Å². The lowest BCUT2D eigenvalue weighted by Crippen LogP contribution is -2.24. The Bertz CT molecular complexity index is 472. The minimum absolute atomic E-state index is 0.0837. The number of hydrogen-bond donors (Lipinski definition) is 1. The van der Waals surface area contributed by atoms with Gasteiger partial charge in [-0.25, -0.2) is 0 Å². The van der Waals surface area contributed by atoms with Crippen LogP contribution in [0.1, 0.15) is 18.3 Å². The zero-order valence-electron chi connectivity index (χ0n) is 10.3. The maximum atomic E-state index is 8.93. The summed E-state index contributed by atoms with van der Waals surface area (Å²) in [5, 5.41) is 17.0. The van der Waals surface area contributed by atoms with Crippen molar-refractivity contribution in [2.45, 2.75) is 20.1 Å². The van der Waals surface area contributed by atoms with Crippen molar-refractivity contribution in [1.82, 2.24) is 15.2 Å². The molecule has 0 aliphatic heterocycles. The Morgan fingerprint density at radius 2 is 2.00 bits per heavy atom. The summed E-state index contributed by atoms with van der Waals surface area (Å²) < 4.78 is 0. The maximum Gasteiger partial charge on any atom is 0.151 e. The Morgan fingerprint density at radius 3 is 2.56 bits per heavy atom. The van der Waals surface area contributed by atoms with E-state index >= 15 is 0 Å². The second-order valence-corrected chi connectivity index (χ2v) is 3.88. The van der Waals surface area contributed by atoms with Gasteiger partial charge in [0.1, 0.15) is 0 Å². The zero-order valence-corrected chi connectivity index (χ0v) is 10.3. The number of rotatable bonds is 5. The van der Waals surface area contributed by atoms with Crippen molar-refractivity contribution in [1.29, 1.82) is 0 Å². The van der Waals surface area contributed by atoms with E-state index in [9.17, 15) is 0 Å². The van der Waals surface area contributed by atoms with Crippen molar-refractivity contribution in [2.24, 2.45) is 0 Å². The molecule has 0 bridgehead atoms. The third-order valence-corrected chi connectivity index (χ3v) is 2.65. The van der Waals surface area contributed by atoms with Crippen molar-refractivity contribution in [3.63, 3.8) is 0 Å². The Morgan fingerprint density at radius 1 is 1.11 bits per heavy atom. The molecule has 0 atom stereocenters. The Balaban J connectivity index is 2.12. The molecule has 0 saturated heterocycles. The molecule has 0 fully saturated rings. The molecule has 0 aromatic carbocycles. The normalized spacial score (nSPS) is 10.3. The van der Waals surface area contributed by atoms with Crippen LogP contribution in [-0.4, -0.2) is 26.8 Å². The van der Waals surface area contributed by atoms with Gasteiger partial charge in [-0.2, -0.15) is 5.10 Å². The maximum absolute atomic E-state index is 8.93. The van der Waals surface area contributed by atoms with Crippen molar-refractivity contribution < 1.29 is 5.11 Å². The highest BCUT2D eigenvalue weighted by molar-refractivity contribution is 5.37. The van der Waals surface area contributed by atoms with Gasteiger partial charge in [0.2, 0.25) is 0 Å². The molecule has 2 aromatic heterocycles. The van der Waals surface area contributed by atoms with Gasteiger partial charge in [0.15, 0.2) is 5.82 Å². The molecule has 5 heteroatoms. The highest BCUT2D eigenvalue weighted by atomic mass is 16.3. The molecule has 0 saturated carbocycles. The van der Waals surface area contributed by atoms with E-state index in [2.05, 4.69) is 27.0 Å². The average molecular weight is 244 g/mol. The highest BCUT2D eigenvalue weighted by Crippen LogP contribution is 2.12. The van der Waals surface area contributed by atoms with Crippen molar-refractivity contribution >= 4 is 5.82 Å². The molecule has 94 valence electrons. The lowest BCUT2D eigenvalue weighted by atomic mass is 10.3. The van der Waals surface area contributed by atoms with Crippen LogP contribution < -0.4 is 4.90 Å². The molecular weight excluding hydrogens is 228 g/mol. The molecule has 2 heterocycles. The van der Waals surface area contributed by atoms with Crippen LogP contribution >= 0.6 is 0 Å². The predicted molar refractivity (Wildman–Crippen MR) is 68.9 cm³/mol. The van der Waals surface area contributed by atoms with E-state index < -0.39 is 0 Å². The number of nitrogens with zero attached hydrogens (tertiary/aromatic N) is 4. The number of pyridine rings is 1. The van der Waals surface area contributed by atoms with Crippen LogP contribution in [0.25, 0.3) is 0 Å². The Kier molecular flexibility index (Phi) is 4.20. The van der Waals surface area contributed by atoms with Gasteiger partial charge in [-0.3, -0.25) is 4.98 Å². The van der Waals surface area contributed by atoms with Crippen LogP contribution in [0.15, 0.2) is 36.5 Å². The first kappa shape index (κ1) is 12.4. The SMILES string of the molecule is CCN(Cc1ccccn1)c1ccc(CO)nn1. The van der Waals surface area contributed by atoms with Gasteiger partial charge >= 0.3 is 0 Å². The predicted octanol–water partition coefficient (Wildman–Crippen LogP) is 1.39. The first-order valence-corrected chi connectivity index (χ1v) is 5.91. The van der Waals surface area contributed by atoms with Crippen LogP contribution in [0, 0.1) is 0 Å². The summed E-state index contributed by atoms with van der Waals surface area (Å²) in [4.78, 5) is 6.38. The molecule has 0 spiro atoms. The molecule has 2 aromatic rings. The van der Waals surface area contributed by atoms with Gasteiger partial charge in [0, 0.05) is 12.7 Å². The standard InChI is InChI=1S/C13H16N4O/c1-2-17(9-11-5-3-4-8-14-11)13-7-6-12(10-18)15-16-13/h3-8,18H,2,9-10H2,1H3. The van der Waals surface area contributed by atoms with Gasteiger partial charge in [0.05, 0.1) is 24.5 Å². The van der Waals surface area contributed by atoms with E-state index in [1.807, 2.05) is 24.3 Å². The molecule has 0 aliphatic carbocycles. The number of hydrogen-bond acceptors (Lipinski definition) is 5. The lowest BCUT2D eigenvalue weighted by Gasteiger charge is -2.20. The Hall–Kier alpha value is -2.01. The fourth-order valence-electron chi connectivity index (χ4n) is 1.65. The molecule has 0 aliphatic rings. The first-order valence-electron chi connectivity index (χ1n) is 5.91. The topological polar surface area (TPSA) is 62.1 Å². The summed E-state index contributed by atoms with van der Waals surface area (Å²) in [5.41, 5.74) is 1.57. The summed E-state index contributed by atoms with van der Waals surface area (Å²) in [6.45, 7) is 3.50. The van der Waals surface area contributed by atoms with Gasteiger partial charge in [-0.1, -0.05) is 6.07 Å². The first-order chi connectivity index (χ1) is 8.83. The highest BCUT2D eigenvalue weighted by Gasteiger charge is 2.07. The number of anilines is 1. The van der Waals surface area contributed by atoms with Gasteiger partial charge in [-0.05, 0) is 31.2 Å². The van der Waals surface area contributed by atoms with E-state index in [1.54, 1.807) is 12.3 Å². The summed E-state index contributed by atoms with van der Waals surface area (Å²) >= 11 is 0. The monoisotopic (exact) mass is 244 g/mol. The van der Waals surface area contributed by atoms with Crippen LogP contribution in [0.3, 0.4) is 0 Å². The van der Waals surface area contributed by atoms with E-state index in [4.69, 9.17) is 5.11 Å². The second-order valence-electron chi connectivity index (χ2n) is 3.88. The van der Waals surface area contributed by atoms with Crippen LogP contribution in [0.5, 0.6) is 0 Å². The van der Waals surface area contributed by atoms with E-state index in [-0.39, 0.29) is 6.61 Å². The van der Waals surface area contributed by atoms with Gasteiger partial charge in [-0.15, -0.1) is 5.10 Å². The molecule has 0 unspecified atom stereocenters. The minimum Gasteiger partial charge on any atom is -0.390 e. The van der Waals surface area contributed by atoms with E-state index in [1.165, 1.54) is 0 Å². The molecule has 5 nitrogen and oxygen atoms in total. The average Bonchev–Trinajstić information content (AvgIpc) is 2.46. The third kappa shape index (κ3) is 3.01. The summed E-state index contributed by atoms with van der Waals surface area (Å²) in [5.74, 6) is 0.792. The zero-order chi connectivity index (χ0) is 12.8. The fraction of sp³-hybridized carbons (Fsp3) is 0.308. The lowest BCUT2D eigenvalue weighted by molar-refractivity contribution is 0.275. The molecule has 0 amide bonds. The molecule has 2 rings (SSSR count). The second kappa shape index (κ2) is 6.07. The quantitative estimate of drug-likeness (QED) is 0.861. The number of aliphatic hydroxyl groups is 1. The molecular formula is C13H16N4O. The van der Waals surface area contributed by atoms with Crippen molar-refractivity contribution in [3.8, 4) is 0 Å². The van der Waals surface area contributed by atoms with Gasteiger partial charge in [0.25, 0.3) is 0 Å². The number of aromatic nitrogens is 3. The summed E-state index contributed by atoms with van der Waals surface area (Å²) in [7, 11) is 0. The van der Waals surface area contributed by atoms with Crippen molar-refractivity contribution in [3.05, 3.63) is 47.9 Å². The van der Waals surface area contributed by atoms with E-state index in [0.29, 0.717) is 12.2 Å². The molecule has 18 heavy (non-hydrogen) atoms. The molecule has 0 radical (unpaired) electrons. The summed E-state index contributed by atoms with van der Waals surface area (Å²) in [6.07, 6.45) is 1.78. The summed E-state index contributed by atoms with van der Waals surface area (Å²) in [6, 6.07) is 9.50. The van der Waals surface area contributed by atoms with Crippen LogP contribution in [-0.2, 0) is 13.2 Å². The fourth-order valence-corrected chi connectivity index (χ4v) is 1.65. The largest absolute Gasteiger partial charge is 0.390 e. The smallest absolute Gasteiger partial charge is 0.151 e. The Labute approximate surface area is 106 Å². The van der Waals surface area contributed by atoms with Crippen LogP contribution in [0.4, 0.5) is 5.82 Å². The minimum atomic E-state index is -0.0837. The van der Waals surface area contributed by atoms with Crippen LogP contribution in [0.2, 0.25) is 0 Å². The third-order valence-electron chi connectivity index (χ3n) is 2.65. The number of aliphatic hydroxyl groups excluding tert-OH is 1. The van der Waals surface area contributed by atoms with Gasteiger partial charge < -0.3 is 10.0 Å². The molecule has 1 N–H and O–H groups in total.